The molecule has 2 atom stereocenters. The van der Waals surface area contributed by atoms with Crippen LogP contribution in [0.25, 0.3) is 0 Å². The number of nitrogens with one attached hydrogen (secondary N) is 1. The second-order valence-corrected chi connectivity index (χ2v) is 3.07. The minimum atomic E-state index is 0.136. The zero-order chi connectivity index (χ0) is 8.81. The molecule has 0 radical (unpaired) electrons. The zero-order valence-corrected chi connectivity index (χ0v) is 8.06. The highest BCUT2D eigenvalue weighted by Crippen LogP contribution is 2.03. The fourth-order valence-corrected chi connectivity index (χ4v) is 1.30. The summed E-state index contributed by atoms with van der Waals surface area (Å²) in [6.45, 7) is 0.165. The molecule has 0 amide bonds. The molecule has 2 N–H and O–H groups in total. The molecule has 2 nitrogen and oxygen atoms in total. The van der Waals surface area contributed by atoms with Crippen LogP contribution in [-0.4, -0.2) is 17.8 Å². The third kappa shape index (κ3) is 2.90. The van der Waals surface area contributed by atoms with Crippen LogP contribution in [0.15, 0.2) is 30.3 Å². The van der Waals surface area contributed by atoms with E-state index in [1.54, 1.807) is 0 Å². The molecule has 1 aromatic rings. The van der Waals surface area contributed by atoms with Gasteiger partial charge in [-0.25, -0.2) is 0 Å². The number of aliphatic hydroxyl groups excluding tert-OH is 1. The third-order valence-corrected chi connectivity index (χ3v) is 2.25. The summed E-state index contributed by atoms with van der Waals surface area (Å²) >= 11 is 0. The van der Waals surface area contributed by atoms with E-state index >= 15 is 0 Å². The SMILES string of the molecule is OCC(Cc1ccccc1)NP. The van der Waals surface area contributed by atoms with Crippen molar-refractivity contribution >= 4 is 9.39 Å². The molecule has 0 fully saturated rings. The molecule has 0 aromatic heterocycles. The van der Waals surface area contributed by atoms with E-state index in [1.165, 1.54) is 5.56 Å². The standard InChI is InChI=1S/C9H14NOP/c11-7-9(10-12)6-8-4-2-1-3-5-8/h1-5,9-11H,6-7,12H2. The fourth-order valence-electron chi connectivity index (χ4n) is 1.07. The van der Waals surface area contributed by atoms with Gasteiger partial charge in [-0.15, -0.1) is 0 Å². The first-order chi connectivity index (χ1) is 5.86. The summed E-state index contributed by atoms with van der Waals surface area (Å²) in [4.78, 5) is 0. The minimum Gasteiger partial charge on any atom is -0.395 e. The van der Waals surface area contributed by atoms with Gasteiger partial charge in [-0.3, -0.25) is 5.09 Å². The van der Waals surface area contributed by atoms with Crippen molar-refractivity contribution in [2.24, 2.45) is 0 Å². The van der Waals surface area contributed by atoms with Gasteiger partial charge < -0.3 is 5.11 Å². The van der Waals surface area contributed by atoms with Crippen LogP contribution in [0.5, 0.6) is 0 Å². The summed E-state index contributed by atoms with van der Waals surface area (Å²) in [6, 6.07) is 10.3. The van der Waals surface area contributed by atoms with Crippen molar-refractivity contribution in [3.05, 3.63) is 35.9 Å². The molecule has 0 saturated carbocycles. The van der Waals surface area contributed by atoms with Gasteiger partial charge in [0.1, 0.15) is 0 Å². The lowest BCUT2D eigenvalue weighted by Gasteiger charge is -2.11. The van der Waals surface area contributed by atoms with E-state index in [4.69, 9.17) is 5.11 Å². The number of hydrogen-bond donors (Lipinski definition) is 2. The summed E-state index contributed by atoms with van der Waals surface area (Å²) < 4.78 is 0. The zero-order valence-electron chi connectivity index (χ0n) is 6.90. The first-order valence-electron chi connectivity index (χ1n) is 3.97. The Bertz CT molecular complexity index is 211. The summed E-state index contributed by atoms with van der Waals surface area (Å²) in [5.74, 6) is 0. The molecular formula is C9H14NOP. The predicted molar refractivity (Wildman–Crippen MR) is 53.9 cm³/mol. The molecule has 0 aliphatic rings. The summed E-state index contributed by atoms with van der Waals surface area (Å²) in [6.07, 6.45) is 0.862. The van der Waals surface area contributed by atoms with Crippen LogP contribution in [0.2, 0.25) is 0 Å². The van der Waals surface area contributed by atoms with Gasteiger partial charge in [0, 0.05) is 6.04 Å². The van der Waals surface area contributed by atoms with Gasteiger partial charge in [-0.05, 0) is 12.0 Å². The van der Waals surface area contributed by atoms with E-state index in [0.29, 0.717) is 0 Å². The Morgan fingerprint density at radius 2 is 2.00 bits per heavy atom. The number of hydrogen-bond acceptors (Lipinski definition) is 2. The van der Waals surface area contributed by atoms with Crippen LogP contribution in [0.1, 0.15) is 5.56 Å². The van der Waals surface area contributed by atoms with Gasteiger partial charge in [-0.2, -0.15) is 0 Å². The van der Waals surface area contributed by atoms with Crippen molar-refractivity contribution < 1.29 is 5.11 Å². The topological polar surface area (TPSA) is 32.3 Å². The van der Waals surface area contributed by atoms with Crippen LogP contribution in [0, 0.1) is 0 Å². The molecule has 12 heavy (non-hydrogen) atoms. The first kappa shape index (κ1) is 9.66. The van der Waals surface area contributed by atoms with Crippen LogP contribution in [0.4, 0.5) is 0 Å². The number of aliphatic hydroxyl groups is 1. The predicted octanol–water partition coefficient (Wildman–Crippen LogP) is 0.970. The molecular weight excluding hydrogens is 169 g/mol. The Balaban J connectivity index is 2.51. The Kier molecular flexibility index (Phi) is 4.23. The first-order valence-corrected chi connectivity index (χ1v) is 4.55. The summed E-state index contributed by atoms with van der Waals surface area (Å²) in [5, 5.41) is 11.9. The smallest absolute Gasteiger partial charge is 0.0590 e. The highest BCUT2D eigenvalue weighted by molar-refractivity contribution is 7.13. The van der Waals surface area contributed by atoms with E-state index in [1.807, 2.05) is 18.2 Å². The Morgan fingerprint density at radius 1 is 1.33 bits per heavy atom. The maximum Gasteiger partial charge on any atom is 0.0590 e. The van der Waals surface area contributed by atoms with Gasteiger partial charge in [0.15, 0.2) is 0 Å². The third-order valence-electron chi connectivity index (χ3n) is 1.78. The lowest BCUT2D eigenvalue weighted by atomic mass is 10.1. The van der Waals surface area contributed by atoms with Gasteiger partial charge in [-0.1, -0.05) is 39.7 Å². The average Bonchev–Trinajstić information content (AvgIpc) is 2.16. The fraction of sp³-hybridized carbons (Fsp3) is 0.333. The highest BCUT2D eigenvalue weighted by atomic mass is 31.0. The van der Waals surface area contributed by atoms with Crippen LogP contribution in [0.3, 0.4) is 0 Å². The molecule has 0 aliphatic carbocycles. The maximum absolute atomic E-state index is 8.91. The van der Waals surface area contributed by atoms with Crippen molar-refractivity contribution in [3.8, 4) is 0 Å². The van der Waals surface area contributed by atoms with Gasteiger partial charge in [0.2, 0.25) is 0 Å². The molecule has 0 heterocycles. The van der Waals surface area contributed by atoms with E-state index in [0.717, 1.165) is 6.42 Å². The van der Waals surface area contributed by atoms with E-state index in [2.05, 4.69) is 26.6 Å². The van der Waals surface area contributed by atoms with Gasteiger partial charge in [0.05, 0.1) is 6.61 Å². The lowest BCUT2D eigenvalue weighted by molar-refractivity contribution is 0.258. The quantitative estimate of drug-likeness (QED) is 0.682. The van der Waals surface area contributed by atoms with Crippen LogP contribution < -0.4 is 5.09 Å². The van der Waals surface area contributed by atoms with Gasteiger partial charge in [0.25, 0.3) is 0 Å². The molecule has 1 aromatic carbocycles. The maximum atomic E-state index is 8.91. The average molecular weight is 183 g/mol. The van der Waals surface area contributed by atoms with Crippen LogP contribution in [-0.2, 0) is 6.42 Å². The van der Waals surface area contributed by atoms with Gasteiger partial charge >= 0.3 is 0 Å². The normalized spacial score (nSPS) is 12.8. The molecule has 0 spiro atoms. The Morgan fingerprint density at radius 3 is 2.50 bits per heavy atom. The second kappa shape index (κ2) is 5.26. The highest BCUT2D eigenvalue weighted by Gasteiger charge is 2.03. The molecule has 0 aliphatic heterocycles. The number of rotatable bonds is 4. The Hall–Kier alpha value is -0.430. The minimum absolute atomic E-state index is 0.136. The summed E-state index contributed by atoms with van der Waals surface area (Å²) in [5.41, 5.74) is 1.24. The summed E-state index contributed by atoms with van der Waals surface area (Å²) in [7, 11) is 2.42. The number of benzene rings is 1. The monoisotopic (exact) mass is 183 g/mol. The largest absolute Gasteiger partial charge is 0.395 e. The molecule has 0 saturated heterocycles. The van der Waals surface area contributed by atoms with Crippen molar-refractivity contribution in [2.45, 2.75) is 12.5 Å². The van der Waals surface area contributed by atoms with Crippen LogP contribution >= 0.6 is 9.39 Å². The van der Waals surface area contributed by atoms with Crippen molar-refractivity contribution in [2.75, 3.05) is 6.61 Å². The molecule has 2 unspecified atom stereocenters. The van der Waals surface area contributed by atoms with Crippen molar-refractivity contribution in [1.82, 2.24) is 5.09 Å². The lowest BCUT2D eigenvalue weighted by Crippen LogP contribution is -2.26. The van der Waals surface area contributed by atoms with E-state index < -0.39 is 0 Å². The van der Waals surface area contributed by atoms with E-state index in [-0.39, 0.29) is 12.6 Å². The van der Waals surface area contributed by atoms with Crippen molar-refractivity contribution in [1.29, 1.82) is 0 Å². The van der Waals surface area contributed by atoms with Crippen molar-refractivity contribution in [3.63, 3.8) is 0 Å². The molecule has 66 valence electrons. The molecule has 1 rings (SSSR count). The van der Waals surface area contributed by atoms with E-state index in [9.17, 15) is 0 Å². The molecule has 3 heteroatoms. The second-order valence-electron chi connectivity index (χ2n) is 2.74. The molecule has 0 bridgehead atoms. The Labute approximate surface area is 75.3 Å².